The second-order valence-electron chi connectivity index (χ2n) is 2.49. The third-order valence-corrected chi connectivity index (χ3v) is 1.33. The monoisotopic (exact) mass is 140 g/mol. The summed E-state index contributed by atoms with van der Waals surface area (Å²) in [4.78, 5) is 0. The molecule has 0 fully saturated rings. The van der Waals surface area contributed by atoms with E-state index in [2.05, 4.69) is 0 Å². The first kappa shape index (κ1) is 8.21. The Morgan fingerprint density at radius 3 is 1.62 bits per heavy atom. The van der Waals surface area contributed by atoms with Crippen molar-refractivity contribution in [1.29, 1.82) is 0 Å². The second-order valence-corrected chi connectivity index (χ2v) is 4.31. The summed E-state index contributed by atoms with van der Waals surface area (Å²) in [5.74, 6) is -2.24. The molecule has 0 radical (unpaired) electrons. The fourth-order valence-electron chi connectivity index (χ4n) is 0.267. The molecule has 0 N–H and O–H groups in total. The van der Waals surface area contributed by atoms with Crippen LogP contribution < -0.4 is 0 Å². The third-order valence-electron chi connectivity index (χ3n) is 0.443. The van der Waals surface area contributed by atoms with Crippen LogP contribution in [0, 0.1) is 0 Å². The predicted octanol–water partition coefficient (Wildman–Crippen LogP) is 2.74. The lowest BCUT2D eigenvalue weighted by Crippen LogP contribution is -2.09. The Kier molecular flexibility index (Phi) is 2.74. The van der Waals surface area contributed by atoms with Crippen LogP contribution in [0.4, 0.5) is 8.78 Å². The zero-order valence-electron chi connectivity index (χ0n) is 5.24. The zero-order valence-corrected chi connectivity index (χ0v) is 6.06. The van der Waals surface area contributed by atoms with Crippen LogP contribution in [0.2, 0.25) is 0 Å². The molecule has 0 rings (SSSR count). The Labute approximate surface area is 52.7 Å². The van der Waals surface area contributed by atoms with Gasteiger partial charge in [-0.3, -0.25) is 0 Å². The molecule has 0 aliphatic carbocycles. The van der Waals surface area contributed by atoms with Crippen LogP contribution in [-0.4, -0.2) is 10.5 Å². The molecule has 0 nitrogen and oxygen atoms in total. The molecule has 3 heteroatoms. The summed E-state index contributed by atoms with van der Waals surface area (Å²) < 4.78 is 22.7. The van der Waals surface area contributed by atoms with Crippen LogP contribution in [0.25, 0.3) is 0 Å². The van der Waals surface area contributed by atoms with Gasteiger partial charge in [0.15, 0.2) is 0 Å². The van der Waals surface area contributed by atoms with Gasteiger partial charge in [0.05, 0.1) is 0 Å². The number of hydrogen-bond donors (Lipinski definition) is 0. The molecule has 50 valence electrons. The molecule has 0 aromatic heterocycles. The Hall–Kier alpha value is 0.210. The lowest BCUT2D eigenvalue weighted by molar-refractivity contribution is 0.250. The van der Waals surface area contributed by atoms with Gasteiger partial charge in [0.2, 0.25) is 0 Å². The maximum atomic E-state index is 11.5. The Morgan fingerprint density at radius 1 is 1.25 bits per heavy atom. The van der Waals surface area contributed by atoms with Crippen molar-refractivity contribution in [3.63, 3.8) is 0 Å². The molecule has 0 heterocycles. The molecule has 0 unspecified atom stereocenters. The van der Waals surface area contributed by atoms with E-state index in [-0.39, 0.29) is 4.75 Å². The van der Waals surface area contributed by atoms with E-state index in [1.165, 1.54) is 0 Å². The van der Waals surface area contributed by atoms with E-state index < -0.39 is 5.76 Å². The second kappa shape index (κ2) is 2.67. The highest BCUT2D eigenvalue weighted by molar-refractivity contribution is 8.00. The maximum Gasteiger partial charge on any atom is 0.285 e. The van der Waals surface area contributed by atoms with E-state index in [9.17, 15) is 8.78 Å². The SMILES string of the molecule is CC(C)(C)SC(F)F. The minimum atomic E-state index is -2.24. The number of thioether (sulfide) groups is 1. The van der Waals surface area contributed by atoms with Gasteiger partial charge in [-0.2, -0.15) is 8.78 Å². The van der Waals surface area contributed by atoms with E-state index in [1.54, 1.807) is 20.8 Å². The molecule has 0 aromatic rings. The maximum absolute atomic E-state index is 11.5. The highest BCUT2D eigenvalue weighted by Crippen LogP contribution is 2.28. The minimum Gasteiger partial charge on any atom is -0.198 e. The molecular weight excluding hydrogens is 130 g/mol. The number of hydrogen-bond acceptors (Lipinski definition) is 1. The predicted molar refractivity (Wildman–Crippen MR) is 33.3 cm³/mol. The van der Waals surface area contributed by atoms with E-state index in [4.69, 9.17) is 0 Å². The van der Waals surface area contributed by atoms with Gasteiger partial charge in [-0.25, -0.2) is 0 Å². The summed E-state index contributed by atoms with van der Waals surface area (Å²) >= 11 is 0.678. The van der Waals surface area contributed by atoms with Gasteiger partial charge in [-0.05, 0) is 0 Å². The van der Waals surface area contributed by atoms with E-state index >= 15 is 0 Å². The van der Waals surface area contributed by atoms with Crippen molar-refractivity contribution in [1.82, 2.24) is 0 Å². The number of alkyl halides is 2. The molecule has 0 saturated heterocycles. The number of rotatable bonds is 1. The van der Waals surface area contributed by atoms with Crippen molar-refractivity contribution in [3.8, 4) is 0 Å². The molecule has 0 aliphatic heterocycles. The van der Waals surface area contributed by atoms with Crippen LogP contribution in [0.3, 0.4) is 0 Å². The van der Waals surface area contributed by atoms with Crippen LogP contribution in [0.1, 0.15) is 20.8 Å². The fraction of sp³-hybridized carbons (Fsp3) is 1.00. The van der Waals surface area contributed by atoms with E-state index in [1.807, 2.05) is 0 Å². The van der Waals surface area contributed by atoms with Gasteiger partial charge >= 0.3 is 0 Å². The van der Waals surface area contributed by atoms with Gasteiger partial charge in [0, 0.05) is 4.75 Å². The summed E-state index contributed by atoms with van der Waals surface area (Å²) in [5.41, 5.74) is 0. The lowest BCUT2D eigenvalue weighted by atomic mass is 10.3. The van der Waals surface area contributed by atoms with Crippen molar-refractivity contribution in [2.75, 3.05) is 0 Å². The average Bonchev–Trinajstić information content (AvgIpc) is 1.21. The van der Waals surface area contributed by atoms with Gasteiger partial charge in [0.1, 0.15) is 0 Å². The van der Waals surface area contributed by atoms with Crippen LogP contribution in [0.15, 0.2) is 0 Å². The zero-order chi connectivity index (χ0) is 6.78. The fourth-order valence-corrected chi connectivity index (χ4v) is 0.802. The van der Waals surface area contributed by atoms with E-state index in [0.717, 1.165) is 0 Å². The van der Waals surface area contributed by atoms with Gasteiger partial charge in [-0.15, -0.1) is 0 Å². The molecule has 0 aliphatic rings. The molecule has 0 saturated carbocycles. The van der Waals surface area contributed by atoms with Crippen molar-refractivity contribution < 1.29 is 8.78 Å². The Bertz CT molecular complexity index is 65.3. The summed E-state index contributed by atoms with van der Waals surface area (Å²) in [6.45, 7) is 5.30. The first-order valence-corrected chi connectivity index (χ1v) is 3.26. The quantitative estimate of drug-likeness (QED) is 0.539. The summed E-state index contributed by atoms with van der Waals surface area (Å²) in [7, 11) is 0. The Morgan fingerprint density at radius 2 is 1.62 bits per heavy atom. The first-order chi connectivity index (χ1) is 3.42. The highest BCUT2D eigenvalue weighted by atomic mass is 32.2. The van der Waals surface area contributed by atoms with Crippen LogP contribution in [-0.2, 0) is 0 Å². The normalized spacial score (nSPS) is 12.8. The highest BCUT2D eigenvalue weighted by Gasteiger charge is 2.16. The van der Waals surface area contributed by atoms with Gasteiger partial charge < -0.3 is 0 Å². The molecule has 0 bridgehead atoms. The molecule has 0 atom stereocenters. The summed E-state index contributed by atoms with van der Waals surface area (Å²) in [5, 5.41) is 0. The minimum absolute atomic E-state index is 0.311. The van der Waals surface area contributed by atoms with Crippen molar-refractivity contribution in [2.45, 2.75) is 31.3 Å². The number of halogens is 2. The van der Waals surface area contributed by atoms with Gasteiger partial charge in [-0.1, -0.05) is 32.5 Å². The first-order valence-electron chi connectivity index (χ1n) is 2.38. The van der Waals surface area contributed by atoms with E-state index in [0.29, 0.717) is 11.8 Å². The molecule has 0 spiro atoms. The van der Waals surface area contributed by atoms with Crippen molar-refractivity contribution in [3.05, 3.63) is 0 Å². The standard InChI is InChI=1S/C5H10F2S/c1-5(2,3)8-4(6)7/h4H,1-3H3. The topological polar surface area (TPSA) is 0 Å². The molecule has 0 aromatic carbocycles. The summed E-state index contributed by atoms with van der Waals surface area (Å²) in [6.07, 6.45) is 0. The Balaban J connectivity index is 3.39. The largest absolute Gasteiger partial charge is 0.285 e. The molecule has 8 heavy (non-hydrogen) atoms. The van der Waals surface area contributed by atoms with Gasteiger partial charge in [0.25, 0.3) is 5.76 Å². The average molecular weight is 140 g/mol. The summed E-state index contributed by atoms with van der Waals surface area (Å²) in [6, 6.07) is 0. The van der Waals surface area contributed by atoms with Crippen molar-refractivity contribution >= 4 is 11.8 Å². The lowest BCUT2D eigenvalue weighted by Gasteiger charge is -2.15. The smallest absolute Gasteiger partial charge is 0.198 e. The van der Waals surface area contributed by atoms with Crippen LogP contribution >= 0.6 is 11.8 Å². The van der Waals surface area contributed by atoms with Crippen molar-refractivity contribution in [2.24, 2.45) is 0 Å². The molecule has 0 amide bonds. The molecular formula is C5H10F2S. The van der Waals surface area contributed by atoms with Crippen LogP contribution in [0.5, 0.6) is 0 Å². The third kappa shape index (κ3) is 6.21.